The predicted molar refractivity (Wildman–Crippen MR) is 113 cm³/mol. The van der Waals surface area contributed by atoms with Gasteiger partial charge in [-0.2, -0.15) is 0 Å². The zero-order valence-electron chi connectivity index (χ0n) is 16.3. The van der Waals surface area contributed by atoms with Gasteiger partial charge in [-0.05, 0) is 30.5 Å². The third kappa shape index (κ3) is 3.93. The van der Waals surface area contributed by atoms with Gasteiger partial charge in [0.1, 0.15) is 6.61 Å². The first kappa shape index (κ1) is 20.4. The Labute approximate surface area is 178 Å². The number of non-ortho nitro benzene ring substituents is 1. The highest BCUT2D eigenvalue weighted by molar-refractivity contribution is 6.31. The number of nitro benzene ring substituents is 1. The lowest BCUT2D eigenvalue weighted by molar-refractivity contribution is -0.384. The van der Waals surface area contributed by atoms with E-state index in [0.29, 0.717) is 42.7 Å². The first-order chi connectivity index (χ1) is 14.5. The van der Waals surface area contributed by atoms with Gasteiger partial charge in [-0.1, -0.05) is 29.8 Å². The molecule has 9 heteroatoms. The largest absolute Gasteiger partial charge is 0.447 e. The Balaban J connectivity index is 1.66. The van der Waals surface area contributed by atoms with Crippen LogP contribution >= 0.6 is 11.6 Å². The van der Waals surface area contributed by atoms with Crippen molar-refractivity contribution in [2.75, 3.05) is 43.1 Å². The van der Waals surface area contributed by atoms with Gasteiger partial charge in [0, 0.05) is 42.3 Å². The van der Waals surface area contributed by atoms with E-state index in [4.69, 9.17) is 21.1 Å². The van der Waals surface area contributed by atoms with E-state index in [1.165, 1.54) is 17.0 Å². The topological polar surface area (TPSA) is 93.9 Å². The Hall–Kier alpha value is -2.84. The molecule has 2 aromatic rings. The molecule has 0 aromatic heterocycles. The summed E-state index contributed by atoms with van der Waals surface area (Å²) < 4.78 is 10.6. The lowest BCUT2D eigenvalue weighted by Gasteiger charge is -2.39. The molecule has 1 N–H and O–H groups in total. The smallest absolute Gasteiger partial charge is 0.414 e. The number of cyclic esters (lactones) is 1. The molecule has 1 amide bonds. The Kier molecular flexibility index (Phi) is 5.78. The van der Waals surface area contributed by atoms with Crippen molar-refractivity contribution in [2.24, 2.45) is 0 Å². The Bertz CT molecular complexity index is 961. The Morgan fingerprint density at radius 3 is 2.60 bits per heavy atom. The minimum atomic E-state index is -0.509. The second kappa shape index (κ2) is 8.49. The first-order valence-corrected chi connectivity index (χ1v) is 10.2. The molecule has 4 rings (SSSR count). The van der Waals surface area contributed by atoms with E-state index in [-0.39, 0.29) is 17.7 Å². The molecule has 0 unspecified atom stereocenters. The van der Waals surface area contributed by atoms with Crippen LogP contribution in [0.2, 0.25) is 5.02 Å². The van der Waals surface area contributed by atoms with E-state index >= 15 is 0 Å². The lowest BCUT2D eigenvalue weighted by atomic mass is 9.74. The number of nitrogens with zero attached hydrogens (tertiary/aromatic N) is 2. The highest BCUT2D eigenvalue weighted by atomic mass is 35.5. The van der Waals surface area contributed by atoms with E-state index in [1.807, 2.05) is 24.3 Å². The van der Waals surface area contributed by atoms with Crippen LogP contribution in [-0.2, 0) is 14.9 Å². The number of benzene rings is 2. The van der Waals surface area contributed by atoms with Gasteiger partial charge in [-0.3, -0.25) is 15.0 Å². The van der Waals surface area contributed by atoms with Crippen LogP contribution in [0.3, 0.4) is 0 Å². The van der Waals surface area contributed by atoms with Crippen LogP contribution in [-0.4, -0.2) is 43.9 Å². The quantitative estimate of drug-likeness (QED) is 0.539. The number of hydrogen-bond acceptors (Lipinski definition) is 6. The molecular formula is C21H22ClN3O5. The maximum atomic E-state index is 12.1. The van der Waals surface area contributed by atoms with Crippen molar-refractivity contribution in [3.63, 3.8) is 0 Å². The molecule has 2 fully saturated rings. The minimum Gasteiger partial charge on any atom is -0.447 e. The number of hydrogen-bond donors (Lipinski definition) is 1. The summed E-state index contributed by atoms with van der Waals surface area (Å²) in [7, 11) is 0. The molecule has 158 valence electrons. The van der Waals surface area contributed by atoms with Crippen molar-refractivity contribution in [3.8, 4) is 0 Å². The monoisotopic (exact) mass is 431 g/mol. The molecule has 2 aliphatic heterocycles. The van der Waals surface area contributed by atoms with Crippen LogP contribution in [0.1, 0.15) is 18.4 Å². The highest BCUT2D eigenvalue weighted by Crippen LogP contribution is 2.40. The van der Waals surface area contributed by atoms with Crippen LogP contribution in [0.5, 0.6) is 0 Å². The molecule has 0 saturated carbocycles. The summed E-state index contributed by atoms with van der Waals surface area (Å²) in [4.78, 5) is 24.3. The number of amides is 1. The average Bonchev–Trinajstić information content (AvgIpc) is 3.18. The van der Waals surface area contributed by atoms with E-state index in [0.717, 1.165) is 18.4 Å². The molecule has 0 aliphatic carbocycles. The summed E-state index contributed by atoms with van der Waals surface area (Å²) in [5.74, 6) is 0. The van der Waals surface area contributed by atoms with E-state index < -0.39 is 11.0 Å². The van der Waals surface area contributed by atoms with Crippen molar-refractivity contribution in [1.82, 2.24) is 0 Å². The molecule has 2 aliphatic rings. The maximum Gasteiger partial charge on any atom is 0.414 e. The average molecular weight is 432 g/mol. The fourth-order valence-electron chi connectivity index (χ4n) is 4.08. The molecule has 2 aromatic carbocycles. The van der Waals surface area contributed by atoms with Gasteiger partial charge >= 0.3 is 6.09 Å². The summed E-state index contributed by atoms with van der Waals surface area (Å²) >= 11 is 6.53. The molecule has 8 nitrogen and oxygen atoms in total. The van der Waals surface area contributed by atoms with Crippen molar-refractivity contribution in [2.45, 2.75) is 18.3 Å². The molecule has 0 spiro atoms. The predicted octanol–water partition coefficient (Wildman–Crippen LogP) is 4.37. The van der Waals surface area contributed by atoms with Crippen LogP contribution < -0.4 is 10.2 Å². The van der Waals surface area contributed by atoms with Gasteiger partial charge < -0.3 is 14.8 Å². The van der Waals surface area contributed by atoms with Gasteiger partial charge in [-0.15, -0.1) is 0 Å². The lowest BCUT2D eigenvalue weighted by Crippen LogP contribution is -2.40. The second-order valence-corrected chi connectivity index (χ2v) is 7.86. The molecule has 30 heavy (non-hydrogen) atoms. The molecule has 0 radical (unpaired) electrons. The van der Waals surface area contributed by atoms with Crippen molar-refractivity contribution < 1.29 is 19.2 Å². The fraction of sp³-hybridized carbons (Fsp3) is 0.381. The first-order valence-electron chi connectivity index (χ1n) is 9.80. The van der Waals surface area contributed by atoms with Gasteiger partial charge in [0.05, 0.1) is 22.8 Å². The van der Waals surface area contributed by atoms with Gasteiger partial charge in [0.2, 0.25) is 0 Å². The normalized spacial score (nSPS) is 18.2. The SMILES string of the molecule is O=C1OCCN1c1cc([N+](=O)[O-])ccc1NCC1(c2ccccc2Cl)CCOCC1. The molecular weight excluding hydrogens is 410 g/mol. The van der Waals surface area contributed by atoms with E-state index in [1.54, 1.807) is 6.07 Å². The Morgan fingerprint density at radius 2 is 1.93 bits per heavy atom. The highest BCUT2D eigenvalue weighted by Gasteiger charge is 2.36. The van der Waals surface area contributed by atoms with Gasteiger partial charge in [-0.25, -0.2) is 4.79 Å². The fourth-order valence-corrected chi connectivity index (χ4v) is 4.41. The maximum absolute atomic E-state index is 12.1. The van der Waals surface area contributed by atoms with Crippen molar-refractivity contribution in [1.29, 1.82) is 0 Å². The Morgan fingerprint density at radius 1 is 1.17 bits per heavy atom. The number of carbonyl (C=O) groups is 1. The summed E-state index contributed by atoms with van der Waals surface area (Å²) in [6.07, 6.45) is 1.07. The zero-order valence-corrected chi connectivity index (χ0v) is 17.1. The summed E-state index contributed by atoms with van der Waals surface area (Å²) in [6.45, 7) is 2.39. The number of ether oxygens (including phenoxy) is 2. The molecule has 2 saturated heterocycles. The summed E-state index contributed by atoms with van der Waals surface area (Å²) in [5.41, 5.74) is 1.79. The van der Waals surface area contributed by atoms with E-state index in [2.05, 4.69) is 5.32 Å². The summed E-state index contributed by atoms with van der Waals surface area (Å²) in [5, 5.41) is 15.4. The number of nitrogens with one attached hydrogen (secondary N) is 1. The van der Waals surface area contributed by atoms with Crippen LogP contribution in [0.15, 0.2) is 42.5 Å². The number of carbonyl (C=O) groups excluding carboxylic acids is 1. The van der Waals surface area contributed by atoms with Gasteiger partial charge in [0.25, 0.3) is 5.69 Å². The van der Waals surface area contributed by atoms with Crippen LogP contribution in [0.4, 0.5) is 21.9 Å². The van der Waals surface area contributed by atoms with E-state index in [9.17, 15) is 14.9 Å². The summed E-state index contributed by atoms with van der Waals surface area (Å²) in [6, 6.07) is 12.3. The molecule has 0 atom stereocenters. The van der Waals surface area contributed by atoms with Crippen LogP contribution in [0, 0.1) is 10.1 Å². The molecule has 0 bridgehead atoms. The zero-order chi connectivity index (χ0) is 21.1. The van der Waals surface area contributed by atoms with Crippen LogP contribution in [0.25, 0.3) is 0 Å². The van der Waals surface area contributed by atoms with Crippen molar-refractivity contribution >= 4 is 34.8 Å². The molecule has 2 heterocycles. The third-order valence-electron chi connectivity index (χ3n) is 5.76. The standard InChI is InChI=1S/C21H22ClN3O5/c22-17-4-2-1-3-16(17)21(7-10-29-11-8-21)14-23-18-6-5-15(25(27)28)13-19(18)24-9-12-30-20(24)26/h1-6,13,23H,7-12,14H2. The number of nitro groups is 1. The second-order valence-electron chi connectivity index (χ2n) is 7.45. The number of anilines is 2. The number of halogens is 1. The minimum absolute atomic E-state index is 0.0814. The third-order valence-corrected chi connectivity index (χ3v) is 6.09. The van der Waals surface area contributed by atoms with Gasteiger partial charge in [0.15, 0.2) is 0 Å². The number of rotatable bonds is 6. The van der Waals surface area contributed by atoms with Crippen molar-refractivity contribution in [3.05, 3.63) is 63.2 Å².